The lowest BCUT2D eigenvalue weighted by atomic mass is 9.82. The molecule has 1 aromatic heterocycles. The second-order valence-electron chi connectivity index (χ2n) is 11.2. The normalized spacial score (nSPS) is 24.7. The van der Waals surface area contributed by atoms with E-state index in [0.29, 0.717) is 11.1 Å². The first-order valence-corrected chi connectivity index (χ1v) is 16.3. The summed E-state index contributed by atoms with van der Waals surface area (Å²) in [6.45, 7) is 5.36. The molecule has 4 atom stereocenters. The average molecular weight is 546 g/mol. The summed E-state index contributed by atoms with van der Waals surface area (Å²) < 4.78 is 23.7. The molecule has 0 radical (unpaired) electrons. The largest absolute Gasteiger partial charge is 0.396 e. The Bertz CT molecular complexity index is 1630. The molecule has 4 aromatic rings. The number of benzene rings is 3. The summed E-state index contributed by atoms with van der Waals surface area (Å²) in [6.07, 6.45) is -0.251. The van der Waals surface area contributed by atoms with Crippen LogP contribution in [0, 0.1) is 5.92 Å². The van der Waals surface area contributed by atoms with Gasteiger partial charge in [-0.3, -0.25) is 14.7 Å². The minimum absolute atomic E-state index is 0.131. The van der Waals surface area contributed by atoms with Crippen LogP contribution in [0.3, 0.4) is 0 Å². The molecule has 2 N–H and O–H groups in total. The van der Waals surface area contributed by atoms with Crippen LogP contribution < -0.4 is 10.5 Å². The van der Waals surface area contributed by atoms with E-state index in [1.165, 1.54) is 4.68 Å². The molecular weight excluding hydrogens is 513 g/mol. The molecule has 1 amide bonds. The molecule has 3 aromatic carbocycles. The monoisotopic (exact) mass is 545 g/mol. The molecule has 202 valence electrons. The number of aliphatic hydroxyl groups is 1. The highest BCUT2D eigenvalue weighted by Crippen LogP contribution is 2.60. The molecule has 3 heterocycles. The predicted octanol–water partition coefficient (Wildman–Crippen LogP) is 5.02. The van der Waals surface area contributed by atoms with E-state index >= 15 is 4.11 Å². The van der Waals surface area contributed by atoms with Crippen LogP contribution >= 0.6 is 0 Å². The molecule has 0 aliphatic carbocycles. The Balaban J connectivity index is 1.39. The van der Waals surface area contributed by atoms with Crippen LogP contribution in [0.1, 0.15) is 24.5 Å². The first-order chi connectivity index (χ1) is 18.7. The Morgan fingerprint density at radius 3 is 2.54 bits per heavy atom. The van der Waals surface area contributed by atoms with Gasteiger partial charge < -0.3 is 18.9 Å². The molecule has 0 bridgehead atoms. The van der Waals surface area contributed by atoms with Crippen LogP contribution in [0.4, 0.5) is 9.80 Å². The first kappa shape index (κ1) is 25.7. The molecule has 1 spiro atoms. The molecule has 6 rings (SSSR count). The van der Waals surface area contributed by atoms with Crippen molar-refractivity contribution in [1.29, 1.82) is 0 Å². The van der Waals surface area contributed by atoms with Gasteiger partial charge >= 0.3 is 0 Å². The number of nitrogens with one attached hydrogen (secondary N) is 1. The summed E-state index contributed by atoms with van der Waals surface area (Å²) in [6, 6.07) is 22.4. The molecule has 9 heteroatoms. The average Bonchev–Trinajstić information content (AvgIpc) is 3.49. The van der Waals surface area contributed by atoms with Gasteiger partial charge in [0.05, 0.1) is 34.9 Å². The molecule has 0 unspecified atom stereocenters. The number of carbonyl (C=O) groups is 1. The number of hydrogen-bond donors (Lipinski definition) is 2. The number of fused-ring (bicyclic) bond motifs is 3. The second kappa shape index (κ2) is 9.29. The van der Waals surface area contributed by atoms with Gasteiger partial charge in [-0.05, 0) is 55.4 Å². The van der Waals surface area contributed by atoms with Crippen molar-refractivity contribution in [2.75, 3.05) is 11.5 Å². The Kier molecular flexibility index (Phi) is 6.13. The lowest BCUT2D eigenvalue weighted by Gasteiger charge is -2.31. The Labute approximate surface area is 227 Å². The smallest absolute Gasteiger partial charge is 0.279 e. The van der Waals surface area contributed by atoms with Gasteiger partial charge in [-0.1, -0.05) is 49.4 Å². The van der Waals surface area contributed by atoms with Crippen LogP contribution in [0.2, 0.25) is 18.6 Å². The van der Waals surface area contributed by atoms with Crippen molar-refractivity contribution in [2.45, 2.75) is 50.2 Å². The maximum atomic E-state index is 15.6. The third kappa shape index (κ3) is 3.90. The number of aliphatic hydroxyl groups excluding tert-OH is 1. The maximum Gasteiger partial charge on any atom is 0.279 e. The van der Waals surface area contributed by atoms with Crippen LogP contribution in [-0.2, 0) is 21.7 Å². The summed E-state index contributed by atoms with van der Waals surface area (Å²) in [5.41, 5.74) is 1.86. The first-order valence-electron chi connectivity index (χ1n) is 13.3. The summed E-state index contributed by atoms with van der Waals surface area (Å²) in [7, 11) is -3.24. The van der Waals surface area contributed by atoms with E-state index in [1.54, 1.807) is 24.1 Å². The Hall–Kier alpha value is -3.53. The van der Waals surface area contributed by atoms with E-state index in [0.717, 1.165) is 22.3 Å². The number of rotatable bonds is 6. The number of aromatic amines is 1. The fourth-order valence-corrected chi connectivity index (χ4v) is 9.32. The van der Waals surface area contributed by atoms with Gasteiger partial charge in [0.15, 0.2) is 5.60 Å². The minimum Gasteiger partial charge on any atom is -0.396 e. The third-order valence-corrected chi connectivity index (χ3v) is 10.8. The highest BCUT2D eigenvalue weighted by atomic mass is 28.4. The van der Waals surface area contributed by atoms with Gasteiger partial charge in [0, 0.05) is 23.6 Å². The van der Waals surface area contributed by atoms with Gasteiger partial charge in [0.25, 0.3) is 11.5 Å². The topological polar surface area (TPSA) is 87.6 Å². The number of ether oxygens (including phenoxy) is 1. The third-order valence-electron chi connectivity index (χ3n) is 8.38. The zero-order valence-electron chi connectivity index (χ0n) is 22.2. The van der Waals surface area contributed by atoms with E-state index in [9.17, 15) is 14.7 Å². The summed E-state index contributed by atoms with van der Waals surface area (Å²) in [4.78, 5) is 29.0. The minimum atomic E-state index is -3.24. The number of carbonyl (C=O) groups excluding carboxylic acids is 1. The van der Waals surface area contributed by atoms with E-state index < -0.39 is 31.6 Å². The van der Waals surface area contributed by atoms with Gasteiger partial charge in [-0.15, -0.1) is 0 Å². The maximum absolute atomic E-state index is 15.6. The lowest BCUT2D eigenvalue weighted by Crippen LogP contribution is -2.45. The van der Waals surface area contributed by atoms with Gasteiger partial charge in [0.1, 0.15) is 0 Å². The predicted molar refractivity (Wildman–Crippen MR) is 151 cm³/mol. The fourth-order valence-electron chi connectivity index (χ4n) is 6.77. The Morgan fingerprint density at radius 1 is 1.05 bits per heavy atom. The van der Waals surface area contributed by atoms with E-state index in [-0.39, 0.29) is 31.0 Å². The molecule has 2 aliphatic rings. The van der Waals surface area contributed by atoms with Gasteiger partial charge in [-0.2, -0.15) is 0 Å². The molecular formula is C30H32FN3O4Si. The van der Waals surface area contributed by atoms with Gasteiger partial charge in [0.2, 0.25) is 8.41 Å². The molecule has 39 heavy (non-hydrogen) atoms. The number of para-hydroxylation sites is 2. The van der Waals surface area contributed by atoms with Crippen molar-refractivity contribution in [3.05, 3.63) is 94.3 Å². The summed E-state index contributed by atoms with van der Waals surface area (Å²) in [5, 5.41) is 13.5. The van der Waals surface area contributed by atoms with Crippen molar-refractivity contribution in [3.63, 3.8) is 0 Å². The number of anilines is 1. The van der Waals surface area contributed by atoms with E-state index in [4.69, 9.17) is 4.74 Å². The number of aromatic nitrogens is 2. The summed E-state index contributed by atoms with van der Waals surface area (Å²) >= 11 is 0. The molecule has 0 saturated carbocycles. The summed E-state index contributed by atoms with van der Waals surface area (Å²) in [5.74, 6) is -0.608. The highest BCUT2D eigenvalue weighted by molar-refractivity contribution is 6.72. The second-order valence-corrected chi connectivity index (χ2v) is 15.0. The quantitative estimate of drug-likeness (QED) is 0.263. The SMILES string of the molecule is C[C@H]1[C@H]([Si](C)(C)F)[C@@H](CCO)O[C@]12C(=O)N(Cc1cccc(-n3[nH]c4ccccc4c3=O)c1)c1ccccc12. The zero-order valence-corrected chi connectivity index (χ0v) is 23.2. The van der Waals surface area contributed by atoms with Crippen molar-refractivity contribution in [3.8, 4) is 5.69 Å². The lowest BCUT2D eigenvalue weighted by molar-refractivity contribution is -0.146. The van der Waals surface area contributed by atoms with E-state index in [1.807, 2.05) is 73.7 Å². The van der Waals surface area contributed by atoms with E-state index in [2.05, 4.69) is 5.10 Å². The molecule has 7 nitrogen and oxygen atoms in total. The number of nitrogens with zero attached hydrogens (tertiary/aromatic N) is 2. The Morgan fingerprint density at radius 2 is 1.79 bits per heavy atom. The number of halogens is 1. The van der Waals surface area contributed by atoms with Crippen molar-refractivity contribution < 1.29 is 18.7 Å². The fraction of sp³-hybridized carbons (Fsp3) is 0.333. The van der Waals surface area contributed by atoms with Crippen molar-refractivity contribution >= 4 is 30.9 Å². The number of hydrogen-bond acceptors (Lipinski definition) is 4. The standard InChI is InChI=1S/C30H32FN3O4Si/c1-19-27(39(2,3)31)26(15-16-35)38-30(19)23-12-5-7-14-25(23)33(29(30)37)18-20-9-8-10-21(17-20)34-28(36)22-11-4-6-13-24(22)32-34/h4-14,17,19,26-27,32,35H,15-16,18H2,1-3H3/t19-,26+,27-,30+/m0/s1. The van der Waals surface area contributed by atoms with Crippen LogP contribution in [0.25, 0.3) is 16.6 Å². The molecule has 1 saturated heterocycles. The molecule has 1 fully saturated rings. The van der Waals surface area contributed by atoms with Crippen molar-refractivity contribution in [1.82, 2.24) is 9.78 Å². The zero-order chi connectivity index (χ0) is 27.5. The van der Waals surface area contributed by atoms with Crippen LogP contribution in [0.15, 0.2) is 77.6 Å². The van der Waals surface area contributed by atoms with Crippen LogP contribution in [-0.4, -0.2) is 41.9 Å². The number of amides is 1. The highest BCUT2D eigenvalue weighted by Gasteiger charge is 2.66. The number of H-pyrrole nitrogens is 1. The van der Waals surface area contributed by atoms with Crippen LogP contribution in [0.5, 0.6) is 0 Å². The van der Waals surface area contributed by atoms with Gasteiger partial charge in [-0.25, -0.2) is 4.68 Å². The molecule has 2 aliphatic heterocycles. The van der Waals surface area contributed by atoms with Crippen molar-refractivity contribution in [2.24, 2.45) is 5.92 Å².